The average molecular weight is 339 g/mol. The van der Waals surface area contributed by atoms with Crippen LogP contribution in [0.4, 0.5) is 0 Å². The SMILES string of the molecule is CCC(=O)OC(Cc1ccccc1)C(C)C(c1ccccc1)N(C)C. The zero-order valence-electron chi connectivity index (χ0n) is 15.7. The van der Waals surface area contributed by atoms with Crippen LogP contribution >= 0.6 is 0 Å². The predicted octanol–water partition coefficient (Wildman–Crippen LogP) is 4.49. The average Bonchev–Trinajstić information content (AvgIpc) is 2.62. The third kappa shape index (κ3) is 5.43. The topological polar surface area (TPSA) is 29.5 Å². The van der Waals surface area contributed by atoms with E-state index >= 15 is 0 Å². The smallest absolute Gasteiger partial charge is 0.305 e. The number of hydrogen-bond acceptors (Lipinski definition) is 3. The maximum atomic E-state index is 12.0. The summed E-state index contributed by atoms with van der Waals surface area (Å²) >= 11 is 0. The van der Waals surface area contributed by atoms with Gasteiger partial charge in [0.15, 0.2) is 0 Å². The first-order valence-corrected chi connectivity index (χ1v) is 8.97. The summed E-state index contributed by atoms with van der Waals surface area (Å²) in [5, 5.41) is 0. The lowest BCUT2D eigenvalue weighted by Gasteiger charge is -2.35. The van der Waals surface area contributed by atoms with E-state index in [0.29, 0.717) is 6.42 Å². The molecule has 0 saturated carbocycles. The van der Waals surface area contributed by atoms with Gasteiger partial charge in [-0.1, -0.05) is 74.5 Å². The van der Waals surface area contributed by atoms with Crippen LogP contribution in [0.3, 0.4) is 0 Å². The maximum absolute atomic E-state index is 12.0. The van der Waals surface area contributed by atoms with Crippen LogP contribution in [-0.2, 0) is 16.0 Å². The zero-order valence-corrected chi connectivity index (χ0v) is 15.7. The van der Waals surface area contributed by atoms with Gasteiger partial charge in [0.25, 0.3) is 0 Å². The standard InChI is InChI=1S/C22H29NO2/c1-5-21(24)25-20(16-18-12-8-6-9-13-18)17(2)22(23(3)4)19-14-10-7-11-15-19/h6-15,17,20,22H,5,16H2,1-4H3. The molecule has 3 nitrogen and oxygen atoms in total. The van der Waals surface area contributed by atoms with E-state index in [4.69, 9.17) is 4.74 Å². The highest BCUT2D eigenvalue weighted by molar-refractivity contribution is 5.69. The molecular weight excluding hydrogens is 310 g/mol. The monoisotopic (exact) mass is 339 g/mol. The van der Waals surface area contributed by atoms with Gasteiger partial charge < -0.3 is 9.64 Å². The third-order valence-electron chi connectivity index (χ3n) is 4.63. The van der Waals surface area contributed by atoms with E-state index in [1.165, 1.54) is 11.1 Å². The second-order valence-electron chi connectivity index (χ2n) is 6.75. The molecule has 0 radical (unpaired) electrons. The summed E-state index contributed by atoms with van der Waals surface area (Å²) in [4.78, 5) is 14.2. The Morgan fingerprint density at radius 1 is 1.00 bits per heavy atom. The molecule has 3 heteroatoms. The summed E-state index contributed by atoms with van der Waals surface area (Å²) in [5.41, 5.74) is 2.43. The van der Waals surface area contributed by atoms with Crippen molar-refractivity contribution in [2.75, 3.05) is 14.1 Å². The Labute approximate surface area is 151 Å². The van der Waals surface area contributed by atoms with Crippen molar-refractivity contribution in [1.29, 1.82) is 0 Å². The fraction of sp³-hybridized carbons (Fsp3) is 0.409. The molecule has 0 heterocycles. The number of hydrogen-bond donors (Lipinski definition) is 0. The molecule has 0 aliphatic carbocycles. The highest BCUT2D eigenvalue weighted by Crippen LogP contribution is 2.31. The van der Waals surface area contributed by atoms with Gasteiger partial charge in [-0.15, -0.1) is 0 Å². The number of carbonyl (C=O) groups is 1. The number of esters is 1. The van der Waals surface area contributed by atoms with Gasteiger partial charge in [-0.05, 0) is 25.2 Å². The van der Waals surface area contributed by atoms with Gasteiger partial charge in [0, 0.05) is 24.8 Å². The molecular formula is C22H29NO2. The van der Waals surface area contributed by atoms with E-state index in [1.807, 2.05) is 31.2 Å². The van der Waals surface area contributed by atoms with Crippen molar-refractivity contribution in [2.24, 2.45) is 5.92 Å². The van der Waals surface area contributed by atoms with Crippen LogP contribution in [0, 0.1) is 5.92 Å². The molecule has 2 aromatic rings. The molecule has 3 atom stereocenters. The fourth-order valence-corrected chi connectivity index (χ4v) is 3.36. The van der Waals surface area contributed by atoms with Crippen molar-refractivity contribution < 1.29 is 9.53 Å². The lowest BCUT2D eigenvalue weighted by molar-refractivity contribution is -0.152. The lowest BCUT2D eigenvalue weighted by Crippen LogP contribution is -2.37. The minimum atomic E-state index is -0.164. The summed E-state index contributed by atoms with van der Waals surface area (Å²) < 4.78 is 5.85. The number of carbonyl (C=O) groups excluding carboxylic acids is 1. The third-order valence-corrected chi connectivity index (χ3v) is 4.63. The van der Waals surface area contributed by atoms with Crippen LogP contribution < -0.4 is 0 Å². The van der Waals surface area contributed by atoms with Crippen molar-refractivity contribution in [1.82, 2.24) is 4.90 Å². The number of nitrogens with zero attached hydrogens (tertiary/aromatic N) is 1. The number of benzene rings is 2. The van der Waals surface area contributed by atoms with Gasteiger partial charge in [0.1, 0.15) is 6.10 Å². The number of ether oxygens (including phenoxy) is 1. The van der Waals surface area contributed by atoms with Gasteiger partial charge in [-0.25, -0.2) is 0 Å². The lowest BCUT2D eigenvalue weighted by atomic mass is 9.86. The molecule has 0 N–H and O–H groups in total. The minimum Gasteiger partial charge on any atom is -0.462 e. The largest absolute Gasteiger partial charge is 0.462 e. The van der Waals surface area contributed by atoms with Gasteiger partial charge in [0.2, 0.25) is 0 Å². The van der Waals surface area contributed by atoms with Gasteiger partial charge in [-0.2, -0.15) is 0 Å². The highest BCUT2D eigenvalue weighted by Gasteiger charge is 2.31. The Morgan fingerprint density at radius 2 is 1.56 bits per heavy atom. The summed E-state index contributed by atoms with van der Waals surface area (Å²) in [5.74, 6) is 0.0199. The molecule has 0 spiro atoms. The van der Waals surface area contributed by atoms with Crippen molar-refractivity contribution in [3.05, 3.63) is 71.8 Å². The fourth-order valence-electron chi connectivity index (χ4n) is 3.36. The second kappa shape index (κ2) is 9.38. The van der Waals surface area contributed by atoms with Crippen molar-refractivity contribution >= 4 is 5.97 Å². The van der Waals surface area contributed by atoms with Gasteiger partial charge in [-0.3, -0.25) is 4.79 Å². The Hall–Kier alpha value is -2.13. The summed E-state index contributed by atoms with van der Waals surface area (Å²) in [6.45, 7) is 4.02. The quantitative estimate of drug-likeness (QED) is 0.664. The Morgan fingerprint density at radius 3 is 2.08 bits per heavy atom. The molecule has 0 aliphatic rings. The molecule has 2 rings (SSSR count). The van der Waals surface area contributed by atoms with Crippen molar-refractivity contribution in [3.8, 4) is 0 Å². The number of rotatable bonds is 8. The van der Waals surface area contributed by atoms with E-state index in [2.05, 4.69) is 62.3 Å². The molecule has 0 aliphatic heterocycles. The van der Waals surface area contributed by atoms with Gasteiger partial charge in [0.05, 0.1) is 0 Å². The van der Waals surface area contributed by atoms with Crippen LogP contribution in [-0.4, -0.2) is 31.1 Å². The summed E-state index contributed by atoms with van der Waals surface area (Å²) in [6, 6.07) is 20.8. The van der Waals surface area contributed by atoms with Crippen LogP contribution in [0.15, 0.2) is 60.7 Å². The first kappa shape index (κ1) is 19.2. The van der Waals surface area contributed by atoms with E-state index in [0.717, 1.165) is 6.42 Å². The van der Waals surface area contributed by atoms with Gasteiger partial charge >= 0.3 is 5.97 Å². The molecule has 3 unspecified atom stereocenters. The Balaban J connectivity index is 2.28. The Kier molecular flexibility index (Phi) is 7.20. The molecule has 0 amide bonds. The van der Waals surface area contributed by atoms with Crippen LogP contribution in [0.25, 0.3) is 0 Å². The first-order chi connectivity index (χ1) is 12.0. The molecule has 134 valence electrons. The van der Waals surface area contributed by atoms with E-state index in [-0.39, 0.29) is 24.0 Å². The zero-order chi connectivity index (χ0) is 18.2. The van der Waals surface area contributed by atoms with Crippen LogP contribution in [0.5, 0.6) is 0 Å². The first-order valence-electron chi connectivity index (χ1n) is 8.97. The second-order valence-corrected chi connectivity index (χ2v) is 6.75. The maximum Gasteiger partial charge on any atom is 0.305 e. The molecule has 2 aromatic carbocycles. The highest BCUT2D eigenvalue weighted by atomic mass is 16.5. The predicted molar refractivity (Wildman–Crippen MR) is 102 cm³/mol. The van der Waals surface area contributed by atoms with E-state index in [1.54, 1.807) is 0 Å². The molecule has 0 bridgehead atoms. The molecule has 25 heavy (non-hydrogen) atoms. The normalized spacial score (nSPS) is 14.8. The molecule has 0 fully saturated rings. The summed E-state index contributed by atoms with van der Waals surface area (Å²) in [7, 11) is 4.16. The molecule has 0 aromatic heterocycles. The molecule has 0 saturated heterocycles. The van der Waals surface area contributed by atoms with Crippen molar-refractivity contribution in [2.45, 2.75) is 38.8 Å². The summed E-state index contributed by atoms with van der Waals surface area (Å²) in [6.07, 6.45) is 0.961. The van der Waals surface area contributed by atoms with E-state index in [9.17, 15) is 4.79 Å². The Bertz CT molecular complexity index is 640. The van der Waals surface area contributed by atoms with Crippen LogP contribution in [0.1, 0.15) is 37.4 Å². The van der Waals surface area contributed by atoms with E-state index < -0.39 is 0 Å². The van der Waals surface area contributed by atoms with Crippen LogP contribution in [0.2, 0.25) is 0 Å². The minimum absolute atomic E-state index is 0.140. The van der Waals surface area contributed by atoms with Crippen molar-refractivity contribution in [3.63, 3.8) is 0 Å².